The van der Waals surface area contributed by atoms with Gasteiger partial charge in [0, 0.05) is 57.1 Å². The normalized spacial score (nSPS) is 14.6. The van der Waals surface area contributed by atoms with E-state index in [-0.39, 0.29) is 11.8 Å². The number of imidazole rings is 1. The zero-order chi connectivity index (χ0) is 19.2. The van der Waals surface area contributed by atoms with Gasteiger partial charge in [-0.2, -0.15) is 0 Å². The van der Waals surface area contributed by atoms with E-state index in [0.29, 0.717) is 44.1 Å². The molecular weight excluding hydrogens is 340 g/mol. The SMILES string of the molecule is CC(C)CCC(=O)N1CCN(C(=O)c2ccc(Cn3ccnc3)cc2)CC1. The Bertz CT molecular complexity index is 745. The second kappa shape index (κ2) is 8.84. The molecule has 2 heterocycles. The van der Waals surface area contributed by atoms with Crippen molar-refractivity contribution >= 4 is 11.8 Å². The highest BCUT2D eigenvalue weighted by atomic mass is 16.2. The van der Waals surface area contributed by atoms with Gasteiger partial charge in [-0.15, -0.1) is 0 Å². The van der Waals surface area contributed by atoms with Crippen molar-refractivity contribution in [1.29, 1.82) is 0 Å². The van der Waals surface area contributed by atoms with Gasteiger partial charge in [-0.3, -0.25) is 9.59 Å². The molecule has 1 saturated heterocycles. The fourth-order valence-electron chi connectivity index (χ4n) is 3.26. The number of piperazine rings is 1. The quantitative estimate of drug-likeness (QED) is 0.788. The van der Waals surface area contributed by atoms with E-state index in [0.717, 1.165) is 18.5 Å². The molecule has 1 fully saturated rings. The molecule has 0 N–H and O–H groups in total. The minimum absolute atomic E-state index is 0.0402. The van der Waals surface area contributed by atoms with E-state index in [9.17, 15) is 9.59 Å². The second-order valence-electron chi connectivity index (χ2n) is 7.54. The number of hydrogen-bond donors (Lipinski definition) is 0. The van der Waals surface area contributed by atoms with Crippen molar-refractivity contribution in [3.8, 4) is 0 Å². The van der Waals surface area contributed by atoms with Gasteiger partial charge in [-0.1, -0.05) is 26.0 Å². The molecule has 6 nitrogen and oxygen atoms in total. The number of aromatic nitrogens is 2. The summed E-state index contributed by atoms with van der Waals surface area (Å²) in [7, 11) is 0. The van der Waals surface area contributed by atoms with Gasteiger partial charge in [0.2, 0.25) is 5.91 Å². The molecule has 0 saturated carbocycles. The third-order valence-electron chi connectivity index (χ3n) is 4.98. The van der Waals surface area contributed by atoms with E-state index in [1.807, 2.05) is 44.8 Å². The van der Waals surface area contributed by atoms with Crippen LogP contribution in [0.15, 0.2) is 43.0 Å². The van der Waals surface area contributed by atoms with Crippen LogP contribution in [0.3, 0.4) is 0 Å². The molecule has 144 valence electrons. The predicted octanol–water partition coefficient (Wildman–Crippen LogP) is 2.65. The van der Waals surface area contributed by atoms with Crippen molar-refractivity contribution in [2.75, 3.05) is 26.2 Å². The summed E-state index contributed by atoms with van der Waals surface area (Å²) in [5, 5.41) is 0. The molecular formula is C21H28N4O2. The summed E-state index contributed by atoms with van der Waals surface area (Å²) in [5.41, 5.74) is 1.83. The monoisotopic (exact) mass is 368 g/mol. The number of rotatable bonds is 6. The Morgan fingerprint density at radius 3 is 2.30 bits per heavy atom. The summed E-state index contributed by atoms with van der Waals surface area (Å²) < 4.78 is 1.99. The van der Waals surface area contributed by atoms with Crippen LogP contribution < -0.4 is 0 Å². The van der Waals surface area contributed by atoms with Crippen LogP contribution in [0, 0.1) is 5.92 Å². The molecule has 6 heteroatoms. The maximum atomic E-state index is 12.7. The Hall–Kier alpha value is -2.63. The molecule has 3 rings (SSSR count). The summed E-state index contributed by atoms with van der Waals surface area (Å²) in [6.45, 7) is 7.45. The van der Waals surface area contributed by atoms with Crippen LogP contribution >= 0.6 is 0 Å². The molecule has 1 aliphatic rings. The van der Waals surface area contributed by atoms with Gasteiger partial charge in [0.05, 0.1) is 6.33 Å². The predicted molar refractivity (Wildman–Crippen MR) is 104 cm³/mol. The minimum atomic E-state index is 0.0402. The van der Waals surface area contributed by atoms with Gasteiger partial charge in [-0.25, -0.2) is 4.98 Å². The van der Waals surface area contributed by atoms with Crippen LogP contribution in [0.4, 0.5) is 0 Å². The van der Waals surface area contributed by atoms with E-state index >= 15 is 0 Å². The Morgan fingerprint density at radius 1 is 1.04 bits per heavy atom. The first-order valence-electron chi connectivity index (χ1n) is 9.64. The highest BCUT2D eigenvalue weighted by Gasteiger charge is 2.24. The van der Waals surface area contributed by atoms with E-state index in [4.69, 9.17) is 0 Å². The van der Waals surface area contributed by atoms with E-state index in [1.54, 1.807) is 12.5 Å². The highest BCUT2D eigenvalue weighted by Crippen LogP contribution is 2.13. The van der Waals surface area contributed by atoms with Gasteiger partial charge < -0.3 is 14.4 Å². The van der Waals surface area contributed by atoms with Gasteiger partial charge in [0.15, 0.2) is 0 Å². The lowest BCUT2D eigenvalue weighted by Gasteiger charge is -2.35. The number of carbonyl (C=O) groups excluding carboxylic acids is 2. The van der Waals surface area contributed by atoms with Crippen molar-refractivity contribution in [2.45, 2.75) is 33.2 Å². The van der Waals surface area contributed by atoms with Gasteiger partial charge in [-0.05, 0) is 30.0 Å². The van der Waals surface area contributed by atoms with E-state index < -0.39 is 0 Å². The van der Waals surface area contributed by atoms with Crippen LogP contribution in [0.25, 0.3) is 0 Å². The fourth-order valence-corrected chi connectivity index (χ4v) is 3.26. The van der Waals surface area contributed by atoms with Gasteiger partial charge >= 0.3 is 0 Å². The lowest BCUT2D eigenvalue weighted by molar-refractivity contribution is -0.132. The summed E-state index contributed by atoms with van der Waals surface area (Å²) in [6.07, 6.45) is 6.97. The molecule has 2 aromatic rings. The largest absolute Gasteiger partial charge is 0.339 e. The first-order chi connectivity index (χ1) is 13.0. The summed E-state index contributed by atoms with van der Waals surface area (Å²) in [5.74, 6) is 0.784. The van der Waals surface area contributed by atoms with Crippen LogP contribution in [0.2, 0.25) is 0 Å². The zero-order valence-electron chi connectivity index (χ0n) is 16.2. The standard InChI is InChI=1S/C21H28N4O2/c1-17(2)3-8-20(26)24-11-13-25(14-12-24)21(27)19-6-4-18(5-7-19)15-23-10-9-22-16-23/h4-7,9-10,16-17H,3,8,11-15H2,1-2H3. The van der Waals surface area contributed by atoms with Crippen LogP contribution in [-0.4, -0.2) is 57.3 Å². The van der Waals surface area contributed by atoms with Crippen LogP contribution in [0.5, 0.6) is 0 Å². The molecule has 0 spiro atoms. The van der Waals surface area contributed by atoms with Crippen molar-refractivity contribution in [3.63, 3.8) is 0 Å². The number of benzene rings is 1. The average molecular weight is 368 g/mol. The Kier molecular flexibility index (Phi) is 6.27. The van der Waals surface area contributed by atoms with Crippen molar-refractivity contribution in [1.82, 2.24) is 19.4 Å². The lowest BCUT2D eigenvalue weighted by atomic mass is 10.1. The molecule has 1 aromatic heterocycles. The van der Waals surface area contributed by atoms with Crippen molar-refractivity contribution < 1.29 is 9.59 Å². The third kappa shape index (κ3) is 5.18. The second-order valence-corrected chi connectivity index (χ2v) is 7.54. The zero-order valence-corrected chi connectivity index (χ0v) is 16.2. The molecule has 0 radical (unpaired) electrons. The molecule has 0 bridgehead atoms. The van der Waals surface area contributed by atoms with E-state index in [2.05, 4.69) is 18.8 Å². The minimum Gasteiger partial charge on any atom is -0.339 e. The third-order valence-corrected chi connectivity index (χ3v) is 4.98. The highest BCUT2D eigenvalue weighted by molar-refractivity contribution is 5.94. The molecule has 0 aliphatic carbocycles. The number of amides is 2. The summed E-state index contributed by atoms with van der Waals surface area (Å²) >= 11 is 0. The van der Waals surface area contributed by atoms with Gasteiger partial charge in [0.1, 0.15) is 0 Å². The Labute approximate surface area is 160 Å². The molecule has 1 aliphatic heterocycles. The molecule has 1 aromatic carbocycles. The number of nitrogens with zero attached hydrogens (tertiary/aromatic N) is 4. The average Bonchev–Trinajstić information content (AvgIpc) is 3.19. The van der Waals surface area contributed by atoms with Gasteiger partial charge in [0.25, 0.3) is 5.91 Å². The maximum Gasteiger partial charge on any atom is 0.253 e. The maximum absolute atomic E-state index is 12.7. The van der Waals surface area contributed by atoms with Crippen LogP contribution in [0.1, 0.15) is 42.6 Å². The summed E-state index contributed by atoms with van der Waals surface area (Å²) in [6, 6.07) is 7.74. The smallest absolute Gasteiger partial charge is 0.253 e. The van der Waals surface area contributed by atoms with E-state index in [1.165, 1.54) is 0 Å². The molecule has 27 heavy (non-hydrogen) atoms. The number of carbonyl (C=O) groups is 2. The molecule has 0 atom stereocenters. The Balaban J connectivity index is 1.51. The first-order valence-corrected chi connectivity index (χ1v) is 9.64. The van der Waals surface area contributed by atoms with Crippen molar-refractivity contribution in [2.24, 2.45) is 5.92 Å². The molecule has 2 amide bonds. The van der Waals surface area contributed by atoms with Crippen molar-refractivity contribution in [3.05, 3.63) is 54.1 Å². The molecule has 0 unspecified atom stereocenters. The lowest BCUT2D eigenvalue weighted by Crippen LogP contribution is -2.50. The number of hydrogen-bond acceptors (Lipinski definition) is 3. The Morgan fingerprint density at radius 2 is 1.70 bits per heavy atom. The fraction of sp³-hybridized carbons (Fsp3) is 0.476. The topological polar surface area (TPSA) is 58.4 Å². The first kappa shape index (κ1) is 19.1. The van der Waals surface area contributed by atoms with Crippen LogP contribution in [-0.2, 0) is 11.3 Å². The summed E-state index contributed by atoms with van der Waals surface area (Å²) in [4.78, 5) is 32.7.